The van der Waals surface area contributed by atoms with Crippen molar-refractivity contribution in [3.63, 3.8) is 0 Å². The Hall–Kier alpha value is -1.65. The van der Waals surface area contributed by atoms with Crippen LogP contribution in [0, 0.1) is 0 Å². The van der Waals surface area contributed by atoms with Gasteiger partial charge >= 0.3 is 0 Å². The maximum atomic E-state index is 11.1. The van der Waals surface area contributed by atoms with E-state index >= 15 is 0 Å². The summed E-state index contributed by atoms with van der Waals surface area (Å²) in [7, 11) is -7.36. The average molecular weight is 322 g/mol. The molecule has 0 aliphatic carbocycles. The van der Waals surface area contributed by atoms with Crippen molar-refractivity contribution in [2.24, 2.45) is 0 Å². The molecule has 10 heteroatoms. The predicted octanol–water partition coefficient (Wildman–Crippen LogP) is -0.174. The van der Waals surface area contributed by atoms with Crippen LogP contribution < -0.4 is 10.6 Å². The van der Waals surface area contributed by atoms with Gasteiger partial charge in [0.1, 0.15) is 10.3 Å². The van der Waals surface area contributed by atoms with E-state index in [1.165, 1.54) is 6.07 Å². The smallest absolute Gasteiger partial charge is 0.296 e. The molecule has 1 aromatic rings. The summed E-state index contributed by atoms with van der Waals surface area (Å²) in [5.74, 6) is 0. The van der Waals surface area contributed by atoms with Crippen molar-refractivity contribution in [3.8, 4) is 0 Å². The molecule has 3 N–H and O–H groups in total. The van der Waals surface area contributed by atoms with Crippen LogP contribution in [0.1, 0.15) is 13.3 Å². The molecule has 112 valence electrons. The second-order valence-corrected chi connectivity index (χ2v) is 6.44. The summed E-state index contributed by atoms with van der Waals surface area (Å²) in [5.41, 5.74) is 5.32. The van der Waals surface area contributed by atoms with E-state index in [0.29, 0.717) is 6.41 Å². The minimum Gasteiger partial charge on any atom is -0.398 e. The molecule has 0 aliphatic rings. The fourth-order valence-electron chi connectivity index (χ4n) is 1.68. The molecule has 0 heterocycles. The first-order valence-electron chi connectivity index (χ1n) is 5.46. The highest BCUT2D eigenvalue weighted by atomic mass is 32.2. The van der Waals surface area contributed by atoms with Crippen LogP contribution in [0.15, 0.2) is 23.1 Å². The summed E-state index contributed by atoms with van der Waals surface area (Å²) in [5, 5.41) is -1.06. The topological polar surface area (TPSA) is 135 Å². The number of thiol groups is 1. The number of carbonyl (C=O) groups excluding carboxylic acids is 1. The minimum atomic E-state index is -4.48. The van der Waals surface area contributed by atoms with Gasteiger partial charge in [-0.3, -0.25) is 14.2 Å². The number of nitrogen functional groups attached to an aromatic ring is 1. The minimum absolute atomic E-state index is 0.121. The molecule has 1 rings (SSSR count). The summed E-state index contributed by atoms with van der Waals surface area (Å²) in [6.45, 7) is 1.59. The fraction of sp³-hybridized carbons (Fsp3) is 0.300. The summed E-state index contributed by atoms with van der Waals surface area (Å²) >= 11 is 0. The van der Waals surface area contributed by atoms with Gasteiger partial charge in [0.25, 0.3) is 10.1 Å². The van der Waals surface area contributed by atoms with Crippen LogP contribution in [0.5, 0.6) is 0 Å². The summed E-state index contributed by atoms with van der Waals surface area (Å²) in [6.07, 6.45) is 0.485. The van der Waals surface area contributed by atoms with Gasteiger partial charge in [-0.2, -0.15) is 8.42 Å². The molecule has 0 fully saturated rings. The first-order valence-corrected chi connectivity index (χ1v) is 8.15. The second kappa shape index (κ2) is 6.20. The van der Waals surface area contributed by atoms with E-state index in [0.717, 1.165) is 17.0 Å². The van der Waals surface area contributed by atoms with E-state index in [9.17, 15) is 21.6 Å². The third kappa shape index (κ3) is 3.46. The summed E-state index contributed by atoms with van der Waals surface area (Å²) in [6, 6.07) is 3.30. The molecule has 1 amide bonds. The van der Waals surface area contributed by atoms with Crippen molar-refractivity contribution in [3.05, 3.63) is 18.2 Å². The van der Waals surface area contributed by atoms with Gasteiger partial charge in [-0.15, -0.1) is 0 Å². The lowest BCUT2D eigenvalue weighted by molar-refractivity contribution is -0.107. The number of rotatable bonds is 6. The van der Waals surface area contributed by atoms with Crippen LogP contribution in [0.4, 0.5) is 11.4 Å². The Kier molecular flexibility index (Phi) is 5.09. The highest BCUT2D eigenvalue weighted by Gasteiger charge is 2.21. The van der Waals surface area contributed by atoms with Crippen LogP contribution in [0.3, 0.4) is 0 Å². The normalized spacial score (nSPS) is 13.2. The average Bonchev–Trinajstić information content (AvgIpc) is 2.33. The zero-order valence-corrected chi connectivity index (χ0v) is 12.2. The van der Waals surface area contributed by atoms with Gasteiger partial charge in [-0.1, -0.05) is 6.92 Å². The molecule has 8 nitrogen and oxygen atoms in total. The van der Waals surface area contributed by atoms with E-state index in [1.54, 1.807) is 6.92 Å². The molecular weight excluding hydrogens is 308 g/mol. The number of anilines is 2. The van der Waals surface area contributed by atoms with Crippen LogP contribution in [0.2, 0.25) is 0 Å². The van der Waals surface area contributed by atoms with Crippen molar-refractivity contribution in [1.82, 2.24) is 0 Å². The number of hydrogen-bond acceptors (Lipinski definition) is 6. The zero-order valence-electron chi connectivity index (χ0n) is 10.5. The van der Waals surface area contributed by atoms with E-state index in [2.05, 4.69) is 0 Å². The maximum Gasteiger partial charge on any atom is 0.296 e. The number of nitrogens with zero attached hydrogens (tertiary/aromatic N) is 1. The summed E-state index contributed by atoms with van der Waals surface area (Å²) < 4.78 is 53.1. The number of hydrogen-bond donors (Lipinski definition) is 3. The molecule has 1 unspecified atom stereocenters. The van der Waals surface area contributed by atoms with Crippen LogP contribution >= 0.6 is 0 Å². The van der Waals surface area contributed by atoms with Gasteiger partial charge in [0.05, 0.1) is 5.69 Å². The number of benzene rings is 1. The Morgan fingerprint density at radius 2 is 2.05 bits per heavy atom. The first kappa shape index (κ1) is 16.4. The highest BCUT2D eigenvalue weighted by Crippen LogP contribution is 2.26. The quantitative estimate of drug-likeness (QED) is 0.286. The number of nitrogens with two attached hydrogens (primary N) is 1. The van der Waals surface area contributed by atoms with Gasteiger partial charge < -0.3 is 5.73 Å². The second-order valence-electron chi connectivity index (χ2n) is 3.88. The molecule has 1 aromatic carbocycles. The van der Waals surface area contributed by atoms with E-state index < -0.39 is 31.1 Å². The van der Waals surface area contributed by atoms with Gasteiger partial charge in [0.2, 0.25) is 6.41 Å². The van der Waals surface area contributed by atoms with Crippen molar-refractivity contribution >= 4 is 38.6 Å². The van der Waals surface area contributed by atoms with Crippen molar-refractivity contribution < 1.29 is 26.2 Å². The van der Waals surface area contributed by atoms with Crippen molar-refractivity contribution in [2.45, 2.75) is 23.6 Å². The first-order chi connectivity index (χ1) is 9.22. The molecule has 0 radical (unpaired) electrons. The standard InChI is InChI=1S/C10H14N2O6S2/c1-2-10(19(14)15)12(6-13)7-3-4-9(8(11)5-7)20(16,17)18/h3-6,10,19H,2,11H2,1H3,(H,16,17,18). The molecule has 20 heavy (non-hydrogen) atoms. The van der Waals surface area contributed by atoms with Gasteiger partial charge in [0.15, 0.2) is 10.7 Å². The SMILES string of the molecule is CCC(N(C=O)c1ccc(S(=O)(=O)O)c(N)c1)[SH](=O)=O. The van der Waals surface area contributed by atoms with Crippen molar-refractivity contribution in [2.75, 3.05) is 10.6 Å². The molecule has 0 aromatic heterocycles. The Morgan fingerprint density at radius 3 is 2.40 bits per heavy atom. The number of amides is 1. The summed E-state index contributed by atoms with van der Waals surface area (Å²) in [4.78, 5) is 11.5. The Balaban J connectivity index is 3.32. The molecule has 0 saturated carbocycles. The maximum absolute atomic E-state index is 11.1. The molecule has 0 saturated heterocycles. The Morgan fingerprint density at radius 1 is 1.45 bits per heavy atom. The zero-order chi connectivity index (χ0) is 15.5. The highest BCUT2D eigenvalue weighted by molar-refractivity contribution is 7.86. The van der Waals surface area contributed by atoms with E-state index in [-0.39, 0.29) is 17.8 Å². The number of carbonyl (C=O) groups is 1. The third-order valence-corrected chi connectivity index (χ3v) is 4.64. The molecule has 0 spiro atoms. The van der Waals surface area contributed by atoms with E-state index in [4.69, 9.17) is 10.3 Å². The molecular formula is C10H14N2O6S2. The lowest BCUT2D eigenvalue weighted by atomic mass is 10.2. The Labute approximate surface area is 117 Å². The molecule has 1 atom stereocenters. The monoisotopic (exact) mass is 322 g/mol. The van der Waals surface area contributed by atoms with Gasteiger partial charge in [-0.25, -0.2) is 8.42 Å². The third-order valence-electron chi connectivity index (χ3n) is 2.61. The lowest BCUT2D eigenvalue weighted by Crippen LogP contribution is -2.34. The predicted molar refractivity (Wildman–Crippen MR) is 73.6 cm³/mol. The Bertz CT molecular complexity index is 675. The largest absolute Gasteiger partial charge is 0.398 e. The van der Waals surface area contributed by atoms with Gasteiger partial charge in [-0.05, 0) is 24.6 Å². The van der Waals surface area contributed by atoms with Crippen LogP contribution in [-0.2, 0) is 25.6 Å². The fourth-order valence-corrected chi connectivity index (χ4v) is 2.97. The van der Waals surface area contributed by atoms with Crippen molar-refractivity contribution in [1.29, 1.82) is 0 Å². The van der Waals surface area contributed by atoms with Crippen LogP contribution in [-0.4, -0.2) is 33.2 Å². The molecule has 0 bridgehead atoms. The lowest BCUT2D eigenvalue weighted by Gasteiger charge is -2.23. The van der Waals surface area contributed by atoms with Gasteiger partial charge in [0, 0.05) is 5.69 Å². The molecule has 0 aliphatic heterocycles. The van der Waals surface area contributed by atoms with E-state index in [1.807, 2.05) is 0 Å². The van der Waals surface area contributed by atoms with Crippen LogP contribution in [0.25, 0.3) is 0 Å².